The fourth-order valence-corrected chi connectivity index (χ4v) is 4.02. The van der Waals surface area contributed by atoms with Crippen molar-refractivity contribution >= 4 is 40.5 Å². The van der Waals surface area contributed by atoms with Gasteiger partial charge in [-0.25, -0.2) is 4.39 Å². The molecule has 1 aliphatic rings. The normalized spacial score (nSPS) is 17.9. The van der Waals surface area contributed by atoms with E-state index < -0.39 is 5.54 Å². The minimum absolute atomic E-state index is 0.200. The minimum Gasteiger partial charge on any atom is -0.367 e. The SMILES string of the molecule is Cc1cc(F)ccc1NC1(Cc2cccc(Cl)c2)C(=O)Nc2cc(Cl)ccc21. The molecule has 28 heavy (non-hydrogen) atoms. The van der Waals surface area contributed by atoms with E-state index in [9.17, 15) is 9.18 Å². The quantitative estimate of drug-likeness (QED) is 0.554. The molecule has 6 heteroatoms. The van der Waals surface area contributed by atoms with E-state index in [1.54, 1.807) is 31.2 Å². The van der Waals surface area contributed by atoms with Gasteiger partial charge < -0.3 is 10.6 Å². The molecule has 3 nitrogen and oxygen atoms in total. The van der Waals surface area contributed by atoms with Crippen molar-refractivity contribution in [2.75, 3.05) is 10.6 Å². The monoisotopic (exact) mass is 414 g/mol. The van der Waals surface area contributed by atoms with E-state index in [1.165, 1.54) is 12.1 Å². The Morgan fingerprint density at radius 3 is 2.57 bits per heavy atom. The Morgan fingerprint density at radius 1 is 1.04 bits per heavy atom. The zero-order valence-electron chi connectivity index (χ0n) is 15.0. The van der Waals surface area contributed by atoms with Gasteiger partial charge in [0.15, 0.2) is 0 Å². The first-order valence-electron chi connectivity index (χ1n) is 8.78. The second kappa shape index (κ2) is 7.12. The fourth-order valence-electron chi connectivity index (χ4n) is 3.64. The van der Waals surface area contributed by atoms with Crippen molar-refractivity contribution < 1.29 is 9.18 Å². The third-order valence-electron chi connectivity index (χ3n) is 4.97. The number of nitrogens with one attached hydrogen (secondary N) is 2. The largest absolute Gasteiger partial charge is 0.367 e. The van der Waals surface area contributed by atoms with Crippen LogP contribution in [0.4, 0.5) is 15.8 Å². The summed E-state index contributed by atoms with van der Waals surface area (Å²) >= 11 is 12.3. The van der Waals surface area contributed by atoms with Gasteiger partial charge in [-0.05, 0) is 60.5 Å². The van der Waals surface area contributed by atoms with Crippen LogP contribution in [0.15, 0.2) is 60.7 Å². The third-order valence-corrected chi connectivity index (χ3v) is 5.44. The molecule has 0 radical (unpaired) electrons. The highest BCUT2D eigenvalue weighted by Crippen LogP contribution is 2.42. The van der Waals surface area contributed by atoms with Gasteiger partial charge in [0.2, 0.25) is 0 Å². The van der Waals surface area contributed by atoms with Crippen molar-refractivity contribution in [1.29, 1.82) is 0 Å². The van der Waals surface area contributed by atoms with Crippen LogP contribution in [0.1, 0.15) is 16.7 Å². The summed E-state index contributed by atoms with van der Waals surface area (Å²) in [5, 5.41) is 7.44. The standard InChI is InChI=1S/C22H17Cl2FN2O/c1-13-9-17(25)6-8-19(13)27-22(12-14-3-2-4-15(23)10-14)18-7-5-16(24)11-20(18)26-21(22)28/h2-11,27H,12H2,1H3,(H,26,28). The molecular weight excluding hydrogens is 398 g/mol. The number of anilines is 2. The van der Waals surface area contributed by atoms with Crippen molar-refractivity contribution in [1.82, 2.24) is 0 Å². The zero-order valence-corrected chi connectivity index (χ0v) is 16.5. The minimum atomic E-state index is -1.08. The first kappa shape index (κ1) is 18.8. The number of hydrogen-bond acceptors (Lipinski definition) is 2. The average molecular weight is 415 g/mol. The summed E-state index contributed by atoms with van der Waals surface area (Å²) < 4.78 is 13.6. The molecule has 3 aromatic carbocycles. The summed E-state index contributed by atoms with van der Waals surface area (Å²) in [7, 11) is 0. The first-order chi connectivity index (χ1) is 13.4. The molecular formula is C22H17Cl2FN2O. The van der Waals surface area contributed by atoms with E-state index in [4.69, 9.17) is 23.2 Å². The highest BCUT2D eigenvalue weighted by molar-refractivity contribution is 6.31. The topological polar surface area (TPSA) is 41.1 Å². The van der Waals surface area contributed by atoms with Crippen molar-refractivity contribution in [2.45, 2.75) is 18.9 Å². The van der Waals surface area contributed by atoms with Gasteiger partial charge in [0, 0.05) is 33.4 Å². The smallest absolute Gasteiger partial charge is 0.255 e. The zero-order chi connectivity index (χ0) is 19.9. The maximum absolute atomic E-state index is 13.6. The number of halogens is 3. The predicted molar refractivity (Wildman–Crippen MR) is 112 cm³/mol. The Kier molecular flexibility index (Phi) is 4.77. The van der Waals surface area contributed by atoms with Gasteiger partial charge in [-0.2, -0.15) is 0 Å². The Hall–Kier alpha value is -2.56. The van der Waals surface area contributed by atoms with E-state index >= 15 is 0 Å². The Bertz CT molecular complexity index is 1090. The highest BCUT2D eigenvalue weighted by atomic mass is 35.5. The lowest BCUT2D eigenvalue weighted by molar-refractivity contribution is -0.119. The van der Waals surface area contributed by atoms with Crippen LogP contribution in [0.5, 0.6) is 0 Å². The van der Waals surface area contributed by atoms with Crippen LogP contribution in [0.2, 0.25) is 10.0 Å². The number of aryl methyl sites for hydroxylation is 1. The molecule has 1 aliphatic heterocycles. The molecule has 0 aliphatic carbocycles. The Morgan fingerprint density at radius 2 is 1.82 bits per heavy atom. The lowest BCUT2D eigenvalue weighted by Gasteiger charge is -2.31. The summed E-state index contributed by atoms with van der Waals surface area (Å²) in [6, 6.07) is 17.2. The summed E-state index contributed by atoms with van der Waals surface area (Å²) in [6.07, 6.45) is 0.366. The molecule has 1 heterocycles. The van der Waals surface area contributed by atoms with Crippen LogP contribution in [0, 0.1) is 12.7 Å². The number of rotatable bonds is 4. The van der Waals surface area contributed by atoms with Gasteiger partial charge in [-0.1, -0.05) is 41.4 Å². The van der Waals surface area contributed by atoms with Crippen molar-refractivity contribution in [3.63, 3.8) is 0 Å². The molecule has 0 aromatic heterocycles. The molecule has 142 valence electrons. The molecule has 0 saturated heterocycles. The van der Waals surface area contributed by atoms with E-state index in [1.807, 2.05) is 24.3 Å². The fraction of sp³-hybridized carbons (Fsp3) is 0.136. The first-order valence-corrected chi connectivity index (χ1v) is 9.53. The highest BCUT2D eigenvalue weighted by Gasteiger charge is 2.47. The molecule has 0 spiro atoms. The van der Waals surface area contributed by atoms with Gasteiger partial charge in [-0.3, -0.25) is 4.79 Å². The second-order valence-electron chi connectivity index (χ2n) is 6.94. The number of hydrogen-bond donors (Lipinski definition) is 2. The molecule has 3 aromatic rings. The lowest BCUT2D eigenvalue weighted by atomic mass is 9.84. The maximum atomic E-state index is 13.6. The Labute approximate surface area is 172 Å². The van der Waals surface area contributed by atoms with Crippen LogP contribution < -0.4 is 10.6 Å². The number of carbonyl (C=O) groups is 1. The van der Waals surface area contributed by atoms with E-state index in [0.29, 0.717) is 33.4 Å². The van der Waals surface area contributed by atoms with E-state index in [-0.39, 0.29) is 11.7 Å². The van der Waals surface area contributed by atoms with E-state index in [2.05, 4.69) is 10.6 Å². The molecule has 1 unspecified atom stereocenters. The van der Waals surface area contributed by atoms with Crippen molar-refractivity contribution in [3.8, 4) is 0 Å². The van der Waals surface area contributed by atoms with Crippen LogP contribution in [0.25, 0.3) is 0 Å². The molecule has 0 bridgehead atoms. The molecule has 0 saturated carbocycles. The molecule has 0 fully saturated rings. The van der Waals surface area contributed by atoms with Crippen molar-refractivity contribution in [2.24, 2.45) is 0 Å². The Balaban J connectivity index is 1.85. The van der Waals surface area contributed by atoms with Crippen LogP contribution in [0.3, 0.4) is 0 Å². The molecule has 4 rings (SSSR count). The summed E-state index contributed by atoms with van der Waals surface area (Å²) in [5.41, 5.74) is 2.66. The maximum Gasteiger partial charge on any atom is 0.255 e. The van der Waals surface area contributed by atoms with Crippen LogP contribution in [-0.4, -0.2) is 5.91 Å². The number of carbonyl (C=O) groups excluding carboxylic acids is 1. The summed E-state index contributed by atoms with van der Waals surface area (Å²) in [5.74, 6) is -0.525. The van der Waals surface area contributed by atoms with Crippen LogP contribution >= 0.6 is 23.2 Å². The van der Waals surface area contributed by atoms with E-state index in [0.717, 1.165) is 11.1 Å². The van der Waals surface area contributed by atoms with Gasteiger partial charge in [-0.15, -0.1) is 0 Å². The average Bonchev–Trinajstić information content (AvgIpc) is 2.88. The number of benzene rings is 3. The molecule has 2 N–H and O–H groups in total. The summed E-state index contributed by atoms with van der Waals surface area (Å²) in [4.78, 5) is 13.2. The van der Waals surface area contributed by atoms with Gasteiger partial charge >= 0.3 is 0 Å². The van der Waals surface area contributed by atoms with Gasteiger partial charge in [0.1, 0.15) is 11.4 Å². The second-order valence-corrected chi connectivity index (χ2v) is 7.81. The number of fused-ring (bicyclic) bond motifs is 1. The molecule has 1 atom stereocenters. The van der Waals surface area contributed by atoms with Crippen molar-refractivity contribution in [3.05, 3.63) is 93.2 Å². The predicted octanol–water partition coefficient (Wildman–Crippen LogP) is 5.94. The van der Waals surface area contributed by atoms with Gasteiger partial charge in [0.05, 0.1) is 0 Å². The third kappa shape index (κ3) is 3.34. The summed E-state index contributed by atoms with van der Waals surface area (Å²) in [6.45, 7) is 1.80. The van der Waals surface area contributed by atoms with Crippen LogP contribution in [-0.2, 0) is 16.8 Å². The molecule has 1 amide bonds. The van der Waals surface area contributed by atoms with Gasteiger partial charge in [0.25, 0.3) is 5.91 Å². The lowest BCUT2D eigenvalue weighted by Crippen LogP contribution is -2.44. The number of amides is 1.